The molecule has 0 bridgehead atoms. The zero-order valence-electron chi connectivity index (χ0n) is 25.1. The smallest absolute Gasteiger partial charge is 0.407 e. The third-order valence-corrected chi connectivity index (χ3v) is 7.56. The van der Waals surface area contributed by atoms with Crippen LogP contribution < -0.4 is 10.6 Å². The van der Waals surface area contributed by atoms with E-state index in [1.807, 2.05) is 74.2 Å². The molecule has 1 heterocycles. The zero-order valence-corrected chi connectivity index (χ0v) is 25.1. The second-order valence-corrected chi connectivity index (χ2v) is 11.9. The summed E-state index contributed by atoms with van der Waals surface area (Å²) in [4.78, 5) is 52.6. The number of alkyl carbamates (subject to hydrolysis) is 1. The van der Waals surface area contributed by atoms with E-state index in [0.717, 1.165) is 22.3 Å². The Morgan fingerprint density at radius 1 is 0.930 bits per heavy atom. The molecule has 1 aliphatic heterocycles. The van der Waals surface area contributed by atoms with Crippen LogP contribution in [-0.2, 0) is 19.1 Å². The first-order chi connectivity index (χ1) is 20.5. The number of carbonyl (C=O) groups excluding carboxylic acids is 3. The summed E-state index contributed by atoms with van der Waals surface area (Å²) in [5.41, 5.74) is 3.86. The number of rotatable bonds is 11. The molecule has 11 nitrogen and oxygen atoms in total. The summed E-state index contributed by atoms with van der Waals surface area (Å²) in [5, 5.41) is 15.0. The number of carboxylic acid groups (broad SMARTS) is 1. The molecule has 3 amide bonds. The Morgan fingerprint density at radius 3 is 2.12 bits per heavy atom. The van der Waals surface area contributed by atoms with Gasteiger partial charge in [0.2, 0.25) is 0 Å². The Morgan fingerprint density at radius 2 is 1.53 bits per heavy atom. The second kappa shape index (κ2) is 14.4. The molecule has 11 heteroatoms. The van der Waals surface area contributed by atoms with Gasteiger partial charge < -0.3 is 30.1 Å². The van der Waals surface area contributed by atoms with E-state index in [4.69, 9.17) is 9.47 Å². The molecule has 1 unspecified atom stereocenters. The molecule has 2 aromatic carbocycles. The van der Waals surface area contributed by atoms with E-state index in [0.29, 0.717) is 45.6 Å². The highest BCUT2D eigenvalue weighted by atomic mass is 16.6. The van der Waals surface area contributed by atoms with Crippen molar-refractivity contribution in [3.63, 3.8) is 0 Å². The predicted molar refractivity (Wildman–Crippen MR) is 161 cm³/mol. The number of hydrogen-bond donors (Lipinski definition) is 3. The van der Waals surface area contributed by atoms with Gasteiger partial charge in [0.25, 0.3) is 0 Å². The molecule has 2 aromatic rings. The molecular formula is C32H42N4O7. The predicted octanol–water partition coefficient (Wildman–Crippen LogP) is 3.82. The van der Waals surface area contributed by atoms with Gasteiger partial charge in [0.05, 0.1) is 6.54 Å². The van der Waals surface area contributed by atoms with E-state index < -0.39 is 23.7 Å². The van der Waals surface area contributed by atoms with Gasteiger partial charge >= 0.3 is 24.1 Å². The molecule has 0 radical (unpaired) electrons. The number of carboxylic acids is 1. The van der Waals surface area contributed by atoms with Crippen LogP contribution in [0.15, 0.2) is 48.5 Å². The van der Waals surface area contributed by atoms with Gasteiger partial charge in [-0.1, -0.05) is 48.5 Å². The van der Waals surface area contributed by atoms with Crippen molar-refractivity contribution >= 4 is 24.1 Å². The number of esters is 1. The number of unbranched alkanes of at least 4 members (excludes halogenated alkanes) is 1. The first-order valence-corrected chi connectivity index (χ1v) is 14.8. The Kier molecular flexibility index (Phi) is 10.6. The fraction of sp³-hybridized carbons (Fsp3) is 0.500. The summed E-state index contributed by atoms with van der Waals surface area (Å²) in [7, 11) is 0. The van der Waals surface area contributed by atoms with E-state index in [1.54, 1.807) is 4.90 Å². The van der Waals surface area contributed by atoms with E-state index >= 15 is 0 Å². The number of fused-ring (bicyclic) bond motifs is 3. The van der Waals surface area contributed by atoms with E-state index in [1.165, 1.54) is 0 Å². The van der Waals surface area contributed by atoms with Crippen molar-refractivity contribution in [3.05, 3.63) is 59.7 Å². The van der Waals surface area contributed by atoms with Crippen molar-refractivity contribution in [2.75, 3.05) is 45.9 Å². The number of urea groups is 1. The average molecular weight is 595 g/mol. The number of benzene rings is 2. The number of nitrogens with zero attached hydrogens (tertiary/aromatic N) is 2. The van der Waals surface area contributed by atoms with Crippen LogP contribution >= 0.6 is 0 Å². The summed E-state index contributed by atoms with van der Waals surface area (Å²) in [6.07, 6.45) is 0.484. The lowest BCUT2D eigenvalue weighted by atomic mass is 9.98. The highest BCUT2D eigenvalue weighted by Gasteiger charge is 2.30. The van der Waals surface area contributed by atoms with E-state index in [2.05, 4.69) is 10.6 Å². The van der Waals surface area contributed by atoms with Gasteiger partial charge in [0.1, 0.15) is 18.2 Å². The van der Waals surface area contributed by atoms with Crippen molar-refractivity contribution in [1.29, 1.82) is 0 Å². The minimum atomic E-state index is -1.14. The fourth-order valence-electron chi connectivity index (χ4n) is 5.49. The molecular weight excluding hydrogens is 552 g/mol. The SMILES string of the molecule is CC(C)(C)OC(=O)CN1CCN(C(=O)NCCCCC(NC(=O)OCC2c3ccccc3-c3ccccc32)C(=O)O)CC1. The normalized spacial score (nSPS) is 15.7. The molecule has 4 rings (SSSR count). The van der Waals surface area contributed by atoms with Crippen molar-refractivity contribution in [2.45, 2.75) is 57.6 Å². The Hall–Kier alpha value is -4.12. The number of carbonyl (C=O) groups is 4. The lowest BCUT2D eigenvalue weighted by molar-refractivity contribution is -0.156. The fourth-order valence-corrected chi connectivity index (χ4v) is 5.49. The summed E-state index contributed by atoms with van der Waals surface area (Å²) >= 11 is 0. The maximum atomic E-state index is 12.5. The molecule has 0 aromatic heterocycles. The Balaban J connectivity index is 1.13. The number of aliphatic carboxylic acids is 1. The zero-order chi connectivity index (χ0) is 31.0. The molecule has 2 aliphatic rings. The summed E-state index contributed by atoms with van der Waals surface area (Å²) in [6, 6.07) is 14.7. The summed E-state index contributed by atoms with van der Waals surface area (Å²) in [5.74, 6) is -1.53. The summed E-state index contributed by atoms with van der Waals surface area (Å²) < 4.78 is 10.9. The van der Waals surface area contributed by atoms with Crippen molar-refractivity contribution in [1.82, 2.24) is 20.4 Å². The van der Waals surface area contributed by atoms with Crippen LogP contribution in [0.2, 0.25) is 0 Å². The molecule has 43 heavy (non-hydrogen) atoms. The number of nitrogens with one attached hydrogen (secondary N) is 2. The minimum absolute atomic E-state index is 0.105. The van der Waals surface area contributed by atoms with Crippen molar-refractivity contribution in [2.24, 2.45) is 0 Å². The molecule has 1 fully saturated rings. The lowest BCUT2D eigenvalue weighted by Gasteiger charge is -2.34. The van der Waals surface area contributed by atoms with Crippen LogP contribution in [0, 0.1) is 0 Å². The molecule has 232 valence electrons. The third-order valence-electron chi connectivity index (χ3n) is 7.56. The Labute approximate surface area is 252 Å². The van der Waals surface area contributed by atoms with Crippen LogP contribution in [0.5, 0.6) is 0 Å². The van der Waals surface area contributed by atoms with Crippen LogP contribution in [0.1, 0.15) is 57.1 Å². The molecule has 0 saturated carbocycles. The van der Waals surface area contributed by atoms with Gasteiger partial charge in [0, 0.05) is 38.6 Å². The maximum absolute atomic E-state index is 12.5. The number of hydrogen-bond acceptors (Lipinski definition) is 7. The van der Waals surface area contributed by atoms with Crippen LogP contribution in [0.3, 0.4) is 0 Å². The van der Waals surface area contributed by atoms with Gasteiger partial charge in [-0.25, -0.2) is 14.4 Å². The van der Waals surface area contributed by atoms with Crippen molar-refractivity contribution < 1.29 is 33.8 Å². The quantitative estimate of drug-likeness (QED) is 0.264. The molecule has 1 atom stereocenters. The first-order valence-electron chi connectivity index (χ1n) is 14.8. The van der Waals surface area contributed by atoms with Gasteiger partial charge in [0.15, 0.2) is 0 Å². The molecule has 0 spiro atoms. The summed E-state index contributed by atoms with van der Waals surface area (Å²) in [6.45, 7) is 8.33. The monoisotopic (exact) mass is 594 g/mol. The number of ether oxygens (including phenoxy) is 2. The van der Waals surface area contributed by atoms with E-state index in [-0.39, 0.29) is 37.5 Å². The first kappa shape index (κ1) is 31.8. The Bertz CT molecular complexity index is 1260. The standard InChI is InChI=1S/C32H42N4O7/c1-32(2,3)43-28(37)20-35-16-18-36(19-17-35)30(40)33-15-9-8-14-27(29(38)39)34-31(41)42-21-26-24-12-6-4-10-22(24)23-11-5-7-13-25(23)26/h4-7,10-13,26-27H,8-9,14-21H2,1-3H3,(H,33,40)(H,34,41)(H,38,39). The highest BCUT2D eigenvalue weighted by Crippen LogP contribution is 2.44. The number of piperazine rings is 1. The molecule has 1 aliphatic carbocycles. The van der Waals surface area contributed by atoms with Gasteiger partial charge in [-0.05, 0) is 62.3 Å². The van der Waals surface area contributed by atoms with Gasteiger partial charge in [-0.2, -0.15) is 0 Å². The third kappa shape index (κ3) is 8.93. The second-order valence-electron chi connectivity index (χ2n) is 11.9. The largest absolute Gasteiger partial charge is 0.480 e. The van der Waals surface area contributed by atoms with Gasteiger partial charge in [-0.3, -0.25) is 9.69 Å². The molecule has 1 saturated heterocycles. The van der Waals surface area contributed by atoms with Crippen LogP contribution in [-0.4, -0.2) is 96.5 Å². The highest BCUT2D eigenvalue weighted by molar-refractivity contribution is 5.81. The van der Waals surface area contributed by atoms with Crippen LogP contribution in [0.4, 0.5) is 9.59 Å². The van der Waals surface area contributed by atoms with Crippen molar-refractivity contribution in [3.8, 4) is 11.1 Å². The van der Waals surface area contributed by atoms with E-state index in [9.17, 15) is 24.3 Å². The average Bonchev–Trinajstić information content (AvgIpc) is 3.28. The maximum Gasteiger partial charge on any atom is 0.407 e. The minimum Gasteiger partial charge on any atom is -0.480 e. The van der Waals surface area contributed by atoms with Crippen LogP contribution in [0.25, 0.3) is 11.1 Å². The topological polar surface area (TPSA) is 138 Å². The van der Waals surface area contributed by atoms with Gasteiger partial charge in [-0.15, -0.1) is 0 Å². The molecule has 3 N–H and O–H groups in total. The number of amides is 3. The lowest BCUT2D eigenvalue weighted by Crippen LogP contribution is -2.53.